The van der Waals surface area contributed by atoms with Crippen molar-refractivity contribution in [2.24, 2.45) is 5.73 Å². The summed E-state index contributed by atoms with van der Waals surface area (Å²) in [5.41, 5.74) is 5.66. The third-order valence-corrected chi connectivity index (χ3v) is 2.35. The summed E-state index contributed by atoms with van der Waals surface area (Å²) >= 11 is 1.82. The van der Waals surface area contributed by atoms with Crippen LogP contribution in [-0.2, 0) is 13.2 Å². The van der Waals surface area contributed by atoms with Gasteiger partial charge < -0.3 is 10.8 Å². The van der Waals surface area contributed by atoms with Crippen molar-refractivity contribution in [1.29, 1.82) is 0 Å². The lowest BCUT2D eigenvalue weighted by Crippen LogP contribution is -2.10. The predicted octanol–water partition coefficient (Wildman–Crippen LogP) is 1.57. The Hall–Kier alpha value is -0.340. The van der Waals surface area contributed by atoms with E-state index >= 15 is 0 Å². The van der Waals surface area contributed by atoms with Crippen LogP contribution in [0.4, 0.5) is 8.78 Å². The molecule has 1 aromatic rings. The summed E-state index contributed by atoms with van der Waals surface area (Å²) in [6, 6.07) is 1.55. The first-order valence-electron chi connectivity index (χ1n) is 3.87. The van der Waals surface area contributed by atoms with E-state index < -0.39 is 6.43 Å². The smallest absolute Gasteiger partial charge is 0.280 e. The second-order valence-corrected chi connectivity index (χ2v) is 3.74. The zero-order chi connectivity index (χ0) is 10.7. The quantitative estimate of drug-likeness (QED) is 0.658. The van der Waals surface area contributed by atoms with E-state index in [9.17, 15) is 8.78 Å². The van der Waals surface area contributed by atoms with Crippen molar-refractivity contribution >= 4 is 22.6 Å². The van der Waals surface area contributed by atoms with Crippen LogP contribution >= 0.6 is 22.6 Å². The third kappa shape index (κ3) is 2.37. The van der Waals surface area contributed by atoms with Crippen LogP contribution in [0.25, 0.3) is 0 Å². The van der Waals surface area contributed by atoms with Gasteiger partial charge in [-0.2, -0.15) is 0 Å². The van der Waals surface area contributed by atoms with Crippen LogP contribution in [0.5, 0.6) is 0 Å². The van der Waals surface area contributed by atoms with E-state index in [-0.39, 0.29) is 24.4 Å². The number of nitrogens with two attached hydrogens (primary N) is 1. The molecule has 14 heavy (non-hydrogen) atoms. The zero-order valence-corrected chi connectivity index (χ0v) is 9.33. The lowest BCUT2D eigenvalue weighted by molar-refractivity contribution is 0.144. The first-order chi connectivity index (χ1) is 6.60. The monoisotopic (exact) mass is 314 g/mol. The van der Waals surface area contributed by atoms with Crippen molar-refractivity contribution in [3.8, 4) is 0 Å². The first kappa shape index (κ1) is 11.7. The van der Waals surface area contributed by atoms with E-state index in [2.05, 4.69) is 4.98 Å². The van der Waals surface area contributed by atoms with Crippen molar-refractivity contribution in [3.63, 3.8) is 0 Å². The molecule has 0 fully saturated rings. The van der Waals surface area contributed by atoms with Gasteiger partial charge in [0.15, 0.2) is 0 Å². The second-order valence-electron chi connectivity index (χ2n) is 2.63. The Bertz CT molecular complexity index is 333. The Morgan fingerprint density at radius 2 is 2.21 bits per heavy atom. The molecule has 1 heterocycles. The molecule has 0 spiro atoms. The molecule has 0 atom stereocenters. The van der Waals surface area contributed by atoms with Gasteiger partial charge in [0.1, 0.15) is 9.39 Å². The summed E-state index contributed by atoms with van der Waals surface area (Å²) in [5.74, 6) is 0. The summed E-state index contributed by atoms with van der Waals surface area (Å²) in [7, 11) is 0. The van der Waals surface area contributed by atoms with Crippen LogP contribution in [0.2, 0.25) is 0 Å². The van der Waals surface area contributed by atoms with Crippen molar-refractivity contribution < 1.29 is 13.9 Å². The molecule has 1 aromatic heterocycles. The maximum atomic E-state index is 12.5. The minimum atomic E-state index is -2.66. The highest BCUT2D eigenvalue weighted by Crippen LogP contribution is 2.24. The number of aromatic nitrogens is 1. The molecule has 0 saturated heterocycles. The SMILES string of the molecule is NCc1c(CO)cc(I)nc1C(F)F. The van der Waals surface area contributed by atoms with Crippen molar-refractivity contribution in [3.05, 3.63) is 26.6 Å². The van der Waals surface area contributed by atoms with Gasteiger partial charge >= 0.3 is 0 Å². The molecule has 6 heteroatoms. The molecule has 0 saturated carbocycles. The highest BCUT2D eigenvalue weighted by molar-refractivity contribution is 14.1. The number of halogens is 3. The fourth-order valence-corrected chi connectivity index (χ4v) is 1.80. The Kier molecular flexibility index (Phi) is 4.14. The molecular weight excluding hydrogens is 305 g/mol. The number of alkyl halides is 2. The Labute approximate surface area is 93.5 Å². The summed E-state index contributed by atoms with van der Waals surface area (Å²) in [6.45, 7) is -0.343. The van der Waals surface area contributed by atoms with Crippen LogP contribution in [0, 0.1) is 3.70 Å². The maximum Gasteiger partial charge on any atom is 0.280 e. The molecule has 0 unspecified atom stereocenters. The van der Waals surface area contributed by atoms with Gasteiger partial charge in [0.25, 0.3) is 6.43 Å². The van der Waals surface area contributed by atoms with Crippen molar-refractivity contribution in [1.82, 2.24) is 4.98 Å². The molecule has 3 nitrogen and oxygen atoms in total. The van der Waals surface area contributed by atoms with E-state index in [1.165, 1.54) is 0 Å². The van der Waals surface area contributed by atoms with E-state index in [4.69, 9.17) is 10.8 Å². The van der Waals surface area contributed by atoms with Gasteiger partial charge in [-0.15, -0.1) is 0 Å². The molecule has 0 bridgehead atoms. The fraction of sp³-hybridized carbons (Fsp3) is 0.375. The molecule has 0 amide bonds. The van der Waals surface area contributed by atoms with Crippen molar-refractivity contribution in [2.75, 3.05) is 0 Å². The number of aliphatic hydroxyl groups excluding tert-OH is 1. The van der Waals surface area contributed by atoms with E-state index in [0.29, 0.717) is 9.26 Å². The van der Waals surface area contributed by atoms with Gasteiger partial charge in [-0.05, 0) is 39.8 Å². The van der Waals surface area contributed by atoms with E-state index in [0.717, 1.165) is 0 Å². The van der Waals surface area contributed by atoms with E-state index in [1.807, 2.05) is 22.6 Å². The Balaban J connectivity index is 3.31. The lowest BCUT2D eigenvalue weighted by Gasteiger charge is -2.11. The Morgan fingerprint density at radius 1 is 1.57 bits per heavy atom. The fourth-order valence-electron chi connectivity index (χ4n) is 1.17. The largest absolute Gasteiger partial charge is 0.392 e. The predicted molar refractivity (Wildman–Crippen MR) is 55.7 cm³/mol. The highest BCUT2D eigenvalue weighted by atomic mass is 127. The summed E-state index contributed by atoms with van der Waals surface area (Å²) < 4.78 is 25.4. The number of hydrogen-bond donors (Lipinski definition) is 2. The number of nitrogens with zero attached hydrogens (tertiary/aromatic N) is 1. The molecule has 0 aliphatic carbocycles. The summed E-state index contributed by atoms with van der Waals surface area (Å²) in [6.07, 6.45) is -2.66. The van der Waals surface area contributed by atoms with Crippen LogP contribution in [0.1, 0.15) is 23.2 Å². The number of pyridine rings is 1. The van der Waals surface area contributed by atoms with Crippen LogP contribution in [0.3, 0.4) is 0 Å². The molecule has 0 aliphatic rings. The van der Waals surface area contributed by atoms with Gasteiger partial charge in [-0.3, -0.25) is 0 Å². The van der Waals surface area contributed by atoms with E-state index in [1.54, 1.807) is 6.07 Å². The van der Waals surface area contributed by atoms with Crippen LogP contribution < -0.4 is 5.73 Å². The van der Waals surface area contributed by atoms with Gasteiger partial charge in [-0.25, -0.2) is 13.8 Å². The minimum absolute atomic E-state index is 0.0422. The first-order valence-corrected chi connectivity index (χ1v) is 4.95. The average Bonchev–Trinajstić information content (AvgIpc) is 2.16. The topological polar surface area (TPSA) is 59.1 Å². The molecular formula is C8H9F2IN2O. The second kappa shape index (κ2) is 4.94. The van der Waals surface area contributed by atoms with Crippen LogP contribution in [0.15, 0.2) is 6.07 Å². The van der Waals surface area contributed by atoms with Gasteiger partial charge in [-0.1, -0.05) is 0 Å². The maximum absolute atomic E-state index is 12.5. The number of hydrogen-bond acceptors (Lipinski definition) is 3. The standard InChI is InChI=1S/C8H9F2IN2O/c9-8(10)7-5(2-12)4(3-14)1-6(11)13-7/h1,8,14H,2-3,12H2. The third-order valence-electron chi connectivity index (χ3n) is 1.80. The number of rotatable bonds is 3. The number of aliphatic hydroxyl groups is 1. The molecule has 3 N–H and O–H groups in total. The van der Waals surface area contributed by atoms with Gasteiger partial charge in [0, 0.05) is 6.54 Å². The molecule has 0 aromatic carbocycles. The van der Waals surface area contributed by atoms with Gasteiger partial charge in [0.2, 0.25) is 0 Å². The molecule has 0 radical (unpaired) electrons. The highest BCUT2D eigenvalue weighted by Gasteiger charge is 2.17. The normalized spacial score (nSPS) is 11.0. The Morgan fingerprint density at radius 3 is 2.64 bits per heavy atom. The molecule has 1 rings (SSSR count). The van der Waals surface area contributed by atoms with Crippen LogP contribution in [-0.4, -0.2) is 10.1 Å². The molecule has 78 valence electrons. The summed E-state index contributed by atoms with van der Waals surface area (Å²) in [5, 5.41) is 8.95. The van der Waals surface area contributed by atoms with Crippen molar-refractivity contribution in [2.45, 2.75) is 19.6 Å². The zero-order valence-electron chi connectivity index (χ0n) is 7.17. The van der Waals surface area contributed by atoms with Gasteiger partial charge in [0.05, 0.1) is 6.61 Å². The lowest BCUT2D eigenvalue weighted by atomic mass is 10.1. The minimum Gasteiger partial charge on any atom is -0.392 e. The average molecular weight is 314 g/mol. The summed E-state index contributed by atoms with van der Waals surface area (Å²) in [4.78, 5) is 3.70. The molecule has 0 aliphatic heterocycles.